The Hall–Kier alpha value is -4.13. The van der Waals surface area contributed by atoms with Crippen LogP contribution in [0.1, 0.15) is 68.1 Å². The second kappa shape index (κ2) is 9.73. The summed E-state index contributed by atoms with van der Waals surface area (Å²) in [5, 5.41) is 5.40. The van der Waals surface area contributed by atoms with Gasteiger partial charge in [-0.1, -0.05) is 12.1 Å². The van der Waals surface area contributed by atoms with E-state index in [1.54, 1.807) is 6.26 Å². The van der Waals surface area contributed by atoms with Gasteiger partial charge in [-0.05, 0) is 87.9 Å². The van der Waals surface area contributed by atoms with Crippen LogP contribution in [0.3, 0.4) is 0 Å². The third-order valence-electron chi connectivity index (χ3n) is 6.68. The van der Waals surface area contributed by atoms with Crippen molar-refractivity contribution in [2.45, 2.75) is 60.3 Å². The van der Waals surface area contributed by atoms with Crippen molar-refractivity contribution in [3.63, 3.8) is 0 Å². The van der Waals surface area contributed by atoms with Crippen LogP contribution >= 0.6 is 0 Å². The van der Waals surface area contributed by atoms with Crippen LogP contribution in [0.15, 0.2) is 50.5 Å². The van der Waals surface area contributed by atoms with E-state index < -0.39 is 5.97 Å². The van der Waals surface area contributed by atoms with Crippen molar-refractivity contribution in [2.24, 2.45) is 5.10 Å². The smallest absolute Gasteiger partial charge is 0.379 e. The van der Waals surface area contributed by atoms with Gasteiger partial charge in [0.05, 0.1) is 18.4 Å². The number of carbonyl (C=O) groups is 2. The summed E-state index contributed by atoms with van der Waals surface area (Å²) in [5.74, 6) is 0.557. The number of furan rings is 2. The predicted molar refractivity (Wildman–Crippen MR) is 141 cm³/mol. The summed E-state index contributed by atoms with van der Waals surface area (Å²) in [4.78, 5) is 25.7. The number of nitrogens with zero attached hydrogens (tertiary/aromatic N) is 1. The Morgan fingerprint density at radius 3 is 2.46 bits per heavy atom. The zero-order valence-corrected chi connectivity index (χ0v) is 21.8. The van der Waals surface area contributed by atoms with Gasteiger partial charge in [0.2, 0.25) is 11.7 Å². The van der Waals surface area contributed by atoms with Gasteiger partial charge in [0.25, 0.3) is 0 Å². The summed E-state index contributed by atoms with van der Waals surface area (Å²) >= 11 is 0. The molecule has 7 heteroatoms. The number of amides is 1. The summed E-state index contributed by atoms with van der Waals surface area (Å²) in [5.41, 5.74) is 10.7. The molecule has 2 heterocycles. The molecular weight excluding hydrogens is 468 g/mol. The number of hydrogen-bond acceptors (Lipinski definition) is 6. The second-order valence-corrected chi connectivity index (χ2v) is 9.91. The van der Waals surface area contributed by atoms with E-state index in [-0.39, 0.29) is 18.1 Å². The minimum Gasteiger partial charge on any atom is -0.464 e. The van der Waals surface area contributed by atoms with Crippen molar-refractivity contribution in [3.05, 3.63) is 87.1 Å². The van der Waals surface area contributed by atoms with Crippen LogP contribution in [0.4, 0.5) is 0 Å². The molecule has 0 spiro atoms. The number of carbonyl (C=O) groups excluding carboxylic acids is 2. The number of nitrogens with one attached hydrogen (secondary N) is 1. The maximum absolute atomic E-state index is 12.9. The molecule has 0 aliphatic heterocycles. The zero-order valence-electron chi connectivity index (χ0n) is 21.8. The van der Waals surface area contributed by atoms with E-state index in [0.29, 0.717) is 35.6 Å². The van der Waals surface area contributed by atoms with Crippen molar-refractivity contribution >= 4 is 28.6 Å². The summed E-state index contributed by atoms with van der Waals surface area (Å²) in [7, 11) is 0. The normalized spacial score (nSPS) is 14.1. The van der Waals surface area contributed by atoms with E-state index in [1.807, 2.05) is 58.9 Å². The van der Waals surface area contributed by atoms with Gasteiger partial charge in [-0.25, -0.2) is 10.2 Å². The SMILES string of the molecule is Cc1cc(C)cc(OC(=O)c2oc3c(c2C)/C(=N/NC(=O)Cc2coc4cc(C)cc(C)c24)CCC3)c1. The van der Waals surface area contributed by atoms with E-state index in [4.69, 9.17) is 13.6 Å². The average molecular weight is 499 g/mol. The number of esters is 1. The maximum Gasteiger partial charge on any atom is 0.379 e. The molecule has 0 saturated carbocycles. The van der Waals surface area contributed by atoms with Crippen LogP contribution in [0, 0.1) is 34.6 Å². The quantitative estimate of drug-likeness (QED) is 0.201. The van der Waals surface area contributed by atoms with Gasteiger partial charge in [-0.2, -0.15) is 5.10 Å². The predicted octanol–water partition coefficient (Wildman–Crippen LogP) is 6.19. The molecule has 5 rings (SSSR count). The fourth-order valence-corrected chi connectivity index (χ4v) is 5.22. The highest BCUT2D eigenvalue weighted by Gasteiger charge is 2.29. The molecule has 1 amide bonds. The number of ether oxygens (including phenoxy) is 1. The van der Waals surface area contributed by atoms with Crippen LogP contribution in [-0.4, -0.2) is 17.6 Å². The molecule has 0 fully saturated rings. The minimum absolute atomic E-state index is 0.151. The van der Waals surface area contributed by atoms with Gasteiger partial charge < -0.3 is 13.6 Å². The van der Waals surface area contributed by atoms with Gasteiger partial charge in [0.1, 0.15) is 17.1 Å². The average Bonchev–Trinajstić information content (AvgIpc) is 3.38. The van der Waals surface area contributed by atoms with Crippen molar-refractivity contribution in [3.8, 4) is 5.75 Å². The van der Waals surface area contributed by atoms with Crippen molar-refractivity contribution in [1.29, 1.82) is 0 Å². The van der Waals surface area contributed by atoms with Gasteiger partial charge in [-0.3, -0.25) is 4.79 Å². The van der Waals surface area contributed by atoms with E-state index in [0.717, 1.165) is 50.8 Å². The molecule has 1 aliphatic carbocycles. The molecular formula is C30H30N2O5. The number of aryl methyl sites for hydroxylation is 5. The largest absolute Gasteiger partial charge is 0.464 e. The molecule has 4 aromatic rings. The zero-order chi connectivity index (χ0) is 26.3. The van der Waals surface area contributed by atoms with Crippen LogP contribution in [0.25, 0.3) is 11.0 Å². The maximum atomic E-state index is 12.9. The lowest BCUT2D eigenvalue weighted by Crippen LogP contribution is -2.23. The van der Waals surface area contributed by atoms with Crippen LogP contribution in [-0.2, 0) is 17.6 Å². The molecule has 0 radical (unpaired) electrons. The molecule has 0 bridgehead atoms. The van der Waals surface area contributed by atoms with Gasteiger partial charge in [0.15, 0.2) is 0 Å². The Morgan fingerprint density at radius 2 is 1.70 bits per heavy atom. The van der Waals surface area contributed by atoms with Crippen LogP contribution in [0.5, 0.6) is 5.75 Å². The second-order valence-electron chi connectivity index (χ2n) is 9.91. The first-order chi connectivity index (χ1) is 17.7. The lowest BCUT2D eigenvalue weighted by atomic mass is 9.93. The fraction of sp³-hybridized carbons (Fsp3) is 0.300. The highest BCUT2D eigenvalue weighted by atomic mass is 16.5. The summed E-state index contributed by atoms with van der Waals surface area (Å²) in [6, 6.07) is 9.70. The van der Waals surface area contributed by atoms with E-state index in [9.17, 15) is 9.59 Å². The van der Waals surface area contributed by atoms with E-state index >= 15 is 0 Å². The van der Waals surface area contributed by atoms with E-state index in [2.05, 4.69) is 16.6 Å². The molecule has 2 aromatic heterocycles. The van der Waals surface area contributed by atoms with Gasteiger partial charge >= 0.3 is 5.97 Å². The first kappa shape index (κ1) is 24.6. The van der Waals surface area contributed by atoms with Crippen molar-refractivity contribution < 1.29 is 23.2 Å². The Kier molecular flexibility index (Phi) is 6.46. The van der Waals surface area contributed by atoms with E-state index in [1.165, 1.54) is 0 Å². The first-order valence-electron chi connectivity index (χ1n) is 12.5. The monoisotopic (exact) mass is 498 g/mol. The first-order valence-corrected chi connectivity index (χ1v) is 12.5. The highest BCUT2D eigenvalue weighted by molar-refractivity contribution is 6.06. The number of hydrogen-bond donors (Lipinski definition) is 1. The number of benzene rings is 2. The van der Waals surface area contributed by atoms with Crippen LogP contribution in [0.2, 0.25) is 0 Å². The fourth-order valence-electron chi connectivity index (χ4n) is 5.22. The topological polar surface area (TPSA) is 94.0 Å². The lowest BCUT2D eigenvalue weighted by molar-refractivity contribution is -0.120. The molecule has 37 heavy (non-hydrogen) atoms. The summed E-state index contributed by atoms with van der Waals surface area (Å²) in [6.45, 7) is 9.76. The van der Waals surface area contributed by atoms with Gasteiger partial charge in [0, 0.05) is 28.5 Å². The standard InChI is InChI=1S/C30H30N2O5/c1-16-9-17(2)12-22(11-16)36-30(34)29-20(5)28-23(7-6-8-24(28)37-29)31-32-26(33)14-21-15-35-25-13-18(3)10-19(4)27(21)25/h9-13,15H,6-8,14H2,1-5H3,(H,32,33)/b31-23+. The Bertz CT molecular complexity index is 1550. The molecule has 7 nitrogen and oxygen atoms in total. The Balaban J connectivity index is 1.34. The third kappa shape index (κ3) is 4.94. The lowest BCUT2D eigenvalue weighted by Gasteiger charge is -2.13. The molecule has 0 unspecified atom stereocenters. The molecule has 190 valence electrons. The number of rotatable bonds is 5. The van der Waals surface area contributed by atoms with Gasteiger partial charge in [-0.15, -0.1) is 0 Å². The molecule has 0 saturated heterocycles. The van der Waals surface area contributed by atoms with Crippen molar-refractivity contribution in [1.82, 2.24) is 5.43 Å². The van der Waals surface area contributed by atoms with Crippen molar-refractivity contribution in [2.75, 3.05) is 0 Å². The van der Waals surface area contributed by atoms with Crippen LogP contribution < -0.4 is 10.2 Å². The minimum atomic E-state index is -0.544. The molecule has 1 aliphatic rings. The number of fused-ring (bicyclic) bond motifs is 2. The molecule has 0 atom stereocenters. The summed E-state index contributed by atoms with van der Waals surface area (Å²) < 4.78 is 17.2. The highest BCUT2D eigenvalue weighted by Crippen LogP contribution is 2.31. The summed E-state index contributed by atoms with van der Waals surface area (Å²) in [6.07, 6.45) is 3.96. The Morgan fingerprint density at radius 1 is 0.973 bits per heavy atom. The molecule has 1 N–H and O–H groups in total. The Labute approximate surface area is 215 Å². The third-order valence-corrected chi connectivity index (χ3v) is 6.68. The number of hydrazone groups is 1. The molecule has 2 aromatic carbocycles.